The van der Waals surface area contributed by atoms with Gasteiger partial charge < -0.3 is 20.4 Å². The number of nitrogens with one attached hydrogen (secondary N) is 1. The average molecular weight is 262 g/mol. The Kier molecular flexibility index (Phi) is 3.60. The number of aryl methyl sites for hydroxylation is 1. The molecule has 0 atom stereocenters. The first-order valence-electron chi connectivity index (χ1n) is 5.53. The van der Waals surface area contributed by atoms with E-state index in [-0.39, 0.29) is 11.3 Å². The molecule has 2 heterocycles. The predicted octanol–water partition coefficient (Wildman–Crippen LogP) is 0.191. The SMILES string of the molecule is COC(=O)c1ccnc(NCc2nncn2C)c1N. The molecular weight excluding hydrogens is 248 g/mol. The molecule has 3 N–H and O–H groups in total. The minimum absolute atomic E-state index is 0.247. The van der Waals surface area contributed by atoms with Crippen molar-refractivity contribution in [3.05, 3.63) is 30.0 Å². The van der Waals surface area contributed by atoms with Crippen LogP contribution in [0.4, 0.5) is 11.5 Å². The fourth-order valence-electron chi connectivity index (χ4n) is 1.53. The summed E-state index contributed by atoms with van der Waals surface area (Å²) in [7, 11) is 3.13. The fourth-order valence-corrected chi connectivity index (χ4v) is 1.53. The van der Waals surface area contributed by atoms with Gasteiger partial charge in [-0.25, -0.2) is 9.78 Å². The monoisotopic (exact) mass is 262 g/mol. The Balaban J connectivity index is 2.17. The molecule has 0 bridgehead atoms. The molecule has 0 aliphatic heterocycles. The number of methoxy groups -OCH3 is 1. The van der Waals surface area contributed by atoms with E-state index >= 15 is 0 Å². The standard InChI is InChI=1S/C11H14N6O2/c1-17-6-15-16-8(17)5-14-10-9(12)7(3-4-13-10)11(18)19-2/h3-4,6H,5,12H2,1-2H3,(H,13,14). The molecule has 0 radical (unpaired) electrons. The van der Waals surface area contributed by atoms with Gasteiger partial charge >= 0.3 is 5.97 Å². The number of carbonyl (C=O) groups excluding carboxylic acids is 1. The highest BCUT2D eigenvalue weighted by Crippen LogP contribution is 2.20. The highest BCUT2D eigenvalue weighted by atomic mass is 16.5. The molecular formula is C11H14N6O2. The summed E-state index contributed by atoms with van der Waals surface area (Å²) in [4.78, 5) is 15.6. The maximum absolute atomic E-state index is 11.5. The lowest BCUT2D eigenvalue weighted by atomic mass is 10.2. The third kappa shape index (κ3) is 2.62. The molecule has 0 saturated carbocycles. The van der Waals surface area contributed by atoms with Crippen molar-refractivity contribution in [2.24, 2.45) is 7.05 Å². The van der Waals surface area contributed by atoms with Gasteiger partial charge in [-0.2, -0.15) is 0 Å². The second kappa shape index (κ2) is 5.34. The predicted molar refractivity (Wildman–Crippen MR) is 68.3 cm³/mol. The quantitative estimate of drug-likeness (QED) is 0.757. The first kappa shape index (κ1) is 12.8. The van der Waals surface area contributed by atoms with E-state index in [1.54, 1.807) is 10.9 Å². The summed E-state index contributed by atoms with van der Waals surface area (Å²) in [6.45, 7) is 0.401. The van der Waals surface area contributed by atoms with E-state index in [4.69, 9.17) is 5.73 Å². The van der Waals surface area contributed by atoms with Crippen molar-refractivity contribution < 1.29 is 9.53 Å². The van der Waals surface area contributed by atoms with Crippen molar-refractivity contribution in [1.82, 2.24) is 19.7 Å². The van der Waals surface area contributed by atoms with Crippen LogP contribution < -0.4 is 11.1 Å². The van der Waals surface area contributed by atoms with E-state index in [9.17, 15) is 4.79 Å². The second-order valence-electron chi connectivity index (χ2n) is 3.82. The number of rotatable bonds is 4. The molecule has 2 rings (SSSR count). The molecule has 19 heavy (non-hydrogen) atoms. The largest absolute Gasteiger partial charge is 0.465 e. The molecule has 8 heteroatoms. The minimum atomic E-state index is -0.499. The van der Waals surface area contributed by atoms with Crippen LogP contribution in [-0.2, 0) is 18.3 Å². The van der Waals surface area contributed by atoms with Crippen molar-refractivity contribution in [1.29, 1.82) is 0 Å². The maximum Gasteiger partial charge on any atom is 0.340 e. The van der Waals surface area contributed by atoms with E-state index in [1.807, 2.05) is 7.05 Å². The number of nitrogen functional groups attached to an aromatic ring is 1. The van der Waals surface area contributed by atoms with Gasteiger partial charge in [-0.05, 0) is 6.07 Å². The number of pyridine rings is 1. The summed E-state index contributed by atoms with van der Waals surface area (Å²) in [5.41, 5.74) is 6.39. The number of ether oxygens (including phenoxy) is 1. The molecule has 0 spiro atoms. The van der Waals surface area contributed by atoms with Crippen molar-refractivity contribution in [3.63, 3.8) is 0 Å². The lowest BCUT2D eigenvalue weighted by molar-refractivity contribution is 0.0602. The van der Waals surface area contributed by atoms with E-state index < -0.39 is 5.97 Å². The molecule has 8 nitrogen and oxygen atoms in total. The second-order valence-corrected chi connectivity index (χ2v) is 3.82. The van der Waals surface area contributed by atoms with Gasteiger partial charge in [0, 0.05) is 13.2 Å². The molecule has 0 saturated heterocycles. The maximum atomic E-state index is 11.5. The zero-order chi connectivity index (χ0) is 13.8. The lowest BCUT2D eigenvalue weighted by Gasteiger charge is -2.10. The smallest absolute Gasteiger partial charge is 0.340 e. The van der Waals surface area contributed by atoms with Crippen molar-refractivity contribution >= 4 is 17.5 Å². The van der Waals surface area contributed by atoms with Crippen LogP contribution in [0.2, 0.25) is 0 Å². The summed E-state index contributed by atoms with van der Waals surface area (Å²) in [6, 6.07) is 1.51. The fraction of sp³-hybridized carbons (Fsp3) is 0.273. The van der Waals surface area contributed by atoms with Gasteiger partial charge in [-0.1, -0.05) is 0 Å². The first-order chi connectivity index (χ1) is 9.13. The number of carbonyl (C=O) groups is 1. The summed E-state index contributed by atoms with van der Waals surface area (Å²) in [5.74, 6) is 0.636. The zero-order valence-corrected chi connectivity index (χ0v) is 10.6. The molecule has 100 valence electrons. The molecule has 0 amide bonds. The Morgan fingerprint density at radius 3 is 3.00 bits per heavy atom. The number of esters is 1. The van der Waals surface area contributed by atoms with Gasteiger partial charge in [-0.15, -0.1) is 10.2 Å². The van der Waals surface area contributed by atoms with Gasteiger partial charge in [0.25, 0.3) is 0 Å². The first-order valence-corrected chi connectivity index (χ1v) is 5.53. The summed E-state index contributed by atoms with van der Waals surface area (Å²) in [6.07, 6.45) is 3.08. The van der Waals surface area contributed by atoms with Crippen LogP contribution in [0.15, 0.2) is 18.6 Å². The number of hydrogen-bond acceptors (Lipinski definition) is 7. The van der Waals surface area contributed by atoms with Crippen LogP contribution in [0, 0.1) is 0 Å². The molecule has 2 aromatic rings. The lowest BCUT2D eigenvalue weighted by Crippen LogP contribution is -2.12. The average Bonchev–Trinajstić information content (AvgIpc) is 2.82. The van der Waals surface area contributed by atoms with Crippen LogP contribution in [0.5, 0.6) is 0 Å². The van der Waals surface area contributed by atoms with Gasteiger partial charge in [-0.3, -0.25) is 0 Å². The van der Waals surface area contributed by atoms with Crippen LogP contribution in [0.25, 0.3) is 0 Å². The Morgan fingerprint density at radius 2 is 2.37 bits per heavy atom. The summed E-state index contributed by atoms with van der Waals surface area (Å²) in [5, 5.41) is 10.7. The molecule has 2 aromatic heterocycles. The Labute approximate surface area is 109 Å². The number of aromatic nitrogens is 4. The van der Waals surface area contributed by atoms with Gasteiger partial charge in [0.15, 0.2) is 5.82 Å². The summed E-state index contributed by atoms with van der Waals surface area (Å²) >= 11 is 0. The Hall–Kier alpha value is -2.64. The molecule has 0 aliphatic carbocycles. The highest BCUT2D eigenvalue weighted by Gasteiger charge is 2.14. The topological polar surface area (TPSA) is 108 Å². The van der Waals surface area contributed by atoms with Gasteiger partial charge in [0.2, 0.25) is 0 Å². The van der Waals surface area contributed by atoms with Gasteiger partial charge in [0.05, 0.1) is 24.9 Å². The van der Waals surface area contributed by atoms with Crippen LogP contribution in [0.1, 0.15) is 16.2 Å². The van der Waals surface area contributed by atoms with Crippen LogP contribution in [-0.4, -0.2) is 32.8 Å². The molecule has 0 aromatic carbocycles. The third-order valence-corrected chi connectivity index (χ3v) is 2.61. The number of nitrogens with zero attached hydrogens (tertiary/aromatic N) is 4. The molecule has 0 fully saturated rings. The van der Waals surface area contributed by atoms with Crippen LogP contribution in [0.3, 0.4) is 0 Å². The van der Waals surface area contributed by atoms with Gasteiger partial charge in [0.1, 0.15) is 12.1 Å². The Morgan fingerprint density at radius 1 is 1.58 bits per heavy atom. The third-order valence-electron chi connectivity index (χ3n) is 2.61. The van der Waals surface area contributed by atoms with Crippen molar-refractivity contribution in [3.8, 4) is 0 Å². The van der Waals surface area contributed by atoms with E-state index in [1.165, 1.54) is 19.4 Å². The van der Waals surface area contributed by atoms with E-state index in [2.05, 4.69) is 25.2 Å². The highest BCUT2D eigenvalue weighted by molar-refractivity contribution is 5.97. The van der Waals surface area contributed by atoms with Crippen molar-refractivity contribution in [2.45, 2.75) is 6.54 Å². The zero-order valence-electron chi connectivity index (χ0n) is 10.6. The van der Waals surface area contributed by atoms with Crippen molar-refractivity contribution in [2.75, 3.05) is 18.2 Å². The normalized spacial score (nSPS) is 10.2. The van der Waals surface area contributed by atoms with E-state index in [0.717, 1.165) is 5.82 Å². The summed E-state index contributed by atoms with van der Waals surface area (Å²) < 4.78 is 6.41. The number of anilines is 2. The number of hydrogen-bond donors (Lipinski definition) is 2. The van der Waals surface area contributed by atoms with E-state index in [0.29, 0.717) is 12.4 Å². The minimum Gasteiger partial charge on any atom is -0.465 e. The van der Waals surface area contributed by atoms with Crippen LogP contribution >= 0.6 is 0 Å². The number of nitrogens with two attached hydrogens (primary N) is 1. The Bertz CT molecular complexity index is 595. The molecule has 0 aliphatic rings. The molecule has 0 unspecified atom stereocenters.